The molecule has 8 nitrogen and oxygen atoms in total. The van der Waals surface area contributed by atoms with Crippen LogP contribution in [0.25, 0.3) is 16.7 Å². The number of nitrogens with one attached hydrogen (secondary N) is 1. The molecule has 1 unspecified atom stereocenters. The van der Waals surface area contributed by atoms with E-state index in [1.807, 2.05) is 32.2 Å². The first-order chi connectivity index (χ1) is 15.4. The number of rotatable bonds is 3. The van der Waals surface area contributed by atoms with Gasteiger partial charge in [-0.15, -0.1) is 0 Å². The smallest absolute Gasteiger partial charge is 0.272 e. The maximum absolute atomic E-state index is 12.6. The van der Waals surface area contributed by atoms with E-state index in [0.717, 1.165) is 47.6 Å². The van der Waals surface area contributed by atoms with Crippen molar-refractivity contribution in [1.29, 1.82) is 0 Å². The molecule has 0 radical (unpaired) electrons. The molecule has 8 heteroatoms. The second-order valence-corrected chi connectivity index (χ2v) is 8.37. The fraction of sp³-hybridized carbons (Fsp3) is 0.333. The van der Waals surface area contributed by atoms with Crippen molar-refractivity contribution in [3.63, 3.8) is 0 Å². The fourth-order valence-corrected chi connectivity index (χ4v) is 4.43. The van der Waals surface area contributed by atoms with E-state index >= 15 is 0 Å². The van der Waals surface area contributed by atoms with Crippen molar-refractivity contribution in [2.45, 2.75) is 39.9 Å². The molecule has 0 bridgehead atoms. The zero-order valence-electron chi connectivity index (χ0n) is 18.7. The standard InChI is InChI=1S/C24H26N6O2/c1-14-9-22(31)30-23(27-14)15(2)16(3)24(28-30)29-8-7-20-19(13-29)10-18(12-25-20)17-5-6-21(32-4)26-11-17/h5-6,9-12,24,28H,7-8,13H2,1-4H3. The van der Waals surface area contributed by atoms with Crippen LogP contribution < -0.4 is 15.7 Å². The van der Waals surface area contributed by atoms with Gasteiger partial charge in [0.2, 0.25) is 5.88 Å². The van der Waals surface area contributed by atoms with Crippen LogP contribution in [0.5, 0.6) is 5.88 Å². The molecule has 0 aromatic carbocycles. The molecule has 0 fully saturated rings. The lowest BCUT2D eigenvalue weighted by atomic mass is 9.98. The highest BCUT2D eigenvalue weighted by Crippen LogP contribution is 2.30. The number of methoxy groups -OCH3 is 1. The summed E-state index contributed by atoms with van der Waals surface area (Å²) < 4.78 is 6.74. The number of hydrogen-bond donors (Lipinski definition) is 1. The highest BCUT2D eigenvalue weighted by atomic mass is 16.5. The molecule has 164 valence electrons. The van der Waals surface area contributed by atoms with Crippen LogP contribution >= 0.6 is 0 Å². The number of aromatic nitrogens is 4. The highest BCUT2D eigenvalue weighted by Gasteiger charge is 2.31. The van der Waals surface area contributed by atoms with Crippen LogP contribution in [-0.4, -0.2) is 44.3 Å². The lowest BCUT2D eigenvalue weighted by molar-refractivity contribution is 0.204. The second kappa shape index (κ2) is 7.87. The van der Waals surface area contributed by atoms with Crippen LogP contribution in [0.1, 0.15) is 36.6 Å². The van der Waals surface area contributed by atoms with Gasteiger partial charge in [-0.3, -0.25) is 20.1 Å². The van der Waals surface area contributed by atoms with Crippen LogP contribution in [0.15, 0.2) is 47.0 Å². The Balaban J connectivity index is 1.45. The molecule has 0 amide bonds. The SMILES string of the molecule is COc1ccc(-c2cnc3c(c2)CN(C2Nn4c(nc(C)cc4=O)C(C)=C2C)CC3)cn1. The highest BCUT2D eigenvalue weighted by molar-refractivity contribution is 5.65. The molecule has 3 aromatic heterocycles. The average molecular weight is 431 g/mol. The van der Waals surface area contributed by atoms with Crippen molar-refractivity contribution in [2.24, 2.45) is 0 Å². The van der Waals surface area contributed by atoms with E-state index in [1.165, 1.54) is 11.1 Å². The Bertz CT molecular complexity index is 1280. The van der Waals surface area contributed by atoms with Crippen molar-refractivity contribution in [3.8, 4) is 17.0 Å². The Hall–Kier alpha value is -3.52. The fourth-order valence-electron chi connectivity index (χ4n) is 4.43. The van der Waals surface area contributed by atoms with E-state index in [1.54, 1.807) is 24.0 Å². The molecule has 2 aliphatic rings. The largest absolute Gasteiger partial charge is 0.481 e. The molecule has 3 aromatic rings. The number of allylic oxidation sites excluding steroid dienone is 1. The topological polar surface area (TPSA) is 85.2 Å². The molecule has 5 rings (SSSR count). The van der Waals surface area contributed by atoms with Gasteiger partial charge in [-0.05, 0) is 49.6 Å². The Morgan fingerprint density at radius 3 is 2.66 bits per heavy atom. The van der Waals surface area contributed by atoms with Crippen molar-refractivity contribution >= 4 is 5.57 Å². The summed E-state index contributed by atoms with van der Waals surface area (Å²) in [5, 5.41) is 0. The van der Waals surface area contributed by atoms with Gasteiger partial charge in [0, 0.05) is 66.6 Å². The van der Waals surface area contributed by atoms with Crippen molar-refractivity contribution < 1.29 is 4.74 Å². The minimum Gasteiger partial charge on any atom is -0.481 e. The van der Waals surface area contributed by atoms with E-state index in [0.29, 0.717) is 11.7 Å². The maximum Gasteiger partial charge on any atom is 0.272 e. The molecule has 32 heavy (non-hydrogen) atoms. The lowest BCUT2D eigenvalue weighted by Crippen LogP contribution is -2.52. The zero-order chi connectivity index (χ0) is 22.4. The summed E-state index contributed by atoms with van der Waals surface area (Å²) in [6.07, 6.45) is 4.49. The summed E-state index contributed by atoms with van der Waals surface area (Å²) in [4.78, 5) is 28.6. The number of pyridine rings is 2. The third-order valence-electron chi connectivity index (χ3n) is 6.35. The van der Waals surface area contributed by atoms with Crippen molar-refractivity contribution in [1.82, 2.24) is 24.5 Å². The van der Waals surface area contributed by atoms with Gasteiger partial charge in [0.05, 0.1) is 7.11 Å². The van der Waals surface area contributed by atoms with Gasteiger partial charge in [-0.2, -0.15) is 0 Å². The monoisotopic (exact) mass is 430 g/mol. The van der Waals surface area contributed by atoms with E-state index in [-0.39, 0.29) is 11.7 Å². The average Bonchev–Trinajstić information content (AvgIpc) is 2.81. The molecule has 1 N–H and O–H groups in total. The quantitative estimate of drug-likeness (QED) is 0.684. The normalized spacial score (nSPS) is 18.1. The molecule has 0 saturated heterocycles. The number of nitrogens with zero attached hydrogens (tertiary/aromatic N) is 5. The zero-order valence-corrected chi connectivity index (χ0v) is 18.7. The number of fused-ring (bicyclic) bond motifs is 2. The maximum atomic E-state index is 12.6. The number of hydrogen-bond acceptors (Lipinski definition) is 7. The first-order valence-electron chi connectivity index (χ1n) is 10.7. The van der Waals surface area contributed by atoms with Crippen LogP contribution in [0.3, 0.4) is 0 Å². The Kier molecular flexibility index (Phi) is 5.01. The van der Waals surface area contributed by atoms with Gasteiger partial charge in [0.25, 0.3) is 5.56 Å². The summed E-state index contributed by atoms with van der Waals surface area (Å²) in [5.41, 5.74) is 10.6. The lowest BCUT2D eigenvalue weighted by Gasteiger charge is -2.40. The van der Waals surface area contributed by atoms with Gasteiger partial charge in [-0.25, -0.2) is 14.6 Å². The first-order valence-corrected chi connectivity index (χ1v) is 10.7. The number of ether oxygens (including phenoxy) is 1. The Labute approximate surface area is 186 Å². The third kappa shape index (κ3) is 3.46. The van der Waals surface area contributed by atoms with Crippen LogP contribution in [0, 0.1) is 6.92 Å². The van der Waals surface area contributed by atoms with E-state index in [2.05, 4.69) is 33.3 Å². The molecule has 2 aliphatic heterocycles. The Morgan fingerprint density at radius 2 is 1.91 bits per heavy atom. The van der Waals surface area contributed by atoms with Crippen molar-refractivity contribution in [2.75, 3.05) is 19.1 Å². The predicted octanol–water partition coefficient (Wildman–Crippen LogP) is 2.75. The van der Waals surface area contributed by atoms with Gasteiger partial charge in [-0.1, -0.05) is 0 Å². The van der Waals surface area contributed by atoms with E-state index < -0.39 is 0 Å². The van der Waals surface area contributed by atoms with Crippen LogP contribution in [0.2, 0.25) is 0 Å². The summed E-state index contributed by atoms with van der Waals surface area (Å²) in [7, 11) is 1.61. The molecular formula is C24H26N6O2. The van der Waals surface area contributed by atoms with Crippen molar-refractivity contribution in [3.05, 3.63) is 75.4 Å². The third-order valence-corrected chi connectivity index (χ3v) is 6.35. The van der Waals surface area contributed by atoms with Crippen LogP contribution in [-0.2, 0) is 13.0 Å². The summed E-state index contributed by atoms with van der Waals surface area (Å²) >= 11 is 0. The minimum absolute atomic E-state index is 0.0795. The van der Waals surface area contributed by atoms with E-state index in [4.69, 9.17) is 9.72 Å². The molecule has 5 heterocycles. The summed E-state index contributed by atoms with van der Waals surface area (Å²) in [5.74, 6) is 1.28. The van der Waals surface area contributed by atoms with Crippen LogP contribution in [0.4, 0.5) is 0 Å². The van der Waals surface area contributed by atoms with Gasteiger partial charge < -0.3 is 4.74 Å². The molecule has 0 aliphatic carbocycles. The van der Waals surface area contributed by atoms with Gasteiger partial charge >= 0.3 is 0 Å². The van der Waals surface area contributed by atoms with Gasteiger partial charge in [0.1, 0.15) is 6.17 Å². The van der Waals surface area contributed by atoms with Gasteiger partial charge in [0.15, 0.2) is 5.82 Å². The number of aryl methyl sites for hydroxylation is 1. The molecular weight excluding hydrogens is 404 g/mol. The molecule has 0 spiro atoms. The summed E-state index contributed by atoms with van der Waals surface area (Å²) in [6.45, 7) is 7.59. The first kappa shape index (κ1) is 20.4. The Morgan fingerprint density at radius 1 is 1.09 bits per heavy atom. The van der Waals surface area contributed by atoms with E-state index in [9.17, 15) is 4.79 Å². The second-order valence-electron chi connectivity index (χ2n) is 8.37. The predicted molar refractivity (Wildman–Crippen MR) is 123 cm³/mol. The summed E-state index contributed by atoms with van der Waals surface area (Å²) in [6, 6.07) is 7.60. The molecule has 1 atom stereocenters. The minimum atomic E-state index is -0.0854. The molecule has 0 saturated carbocycles.